The first-order chi connectivity index (χ1) is 12.5. The average molecular weight is 380 g/mol. The van der Waals surface area contributed by atoms with E-state index in [-0.39, 0.29) is 24.2 Å². The minimum Gasteiger partial charge on any atom is -0.396 e. The molecular formula is C20H32N2O5. The Balaban J connectivity index is 1.91. The Kier molecular flexibility index (Phi) is 5.38. The van der Waals surface area contributed by atoms with E-state index < -0.39 is 35.5 Å². The highest BCUT2D eigenvalue weighted by Gasteiger charge is 2.61. The molecule has 3 rings (SSSR count). The van der Waals surface area contributed by atoms with Gasteiger partial charge in [0.05, 0.1) is 29.8 Å². The number of fused-ring (bicyclic) bond motifs is 3. The summed E-state index contributed by atoms with van der Waals surface area (Å²) >= 11 is 0. The van der Waals surface area contributed by atoms with Crippen LogP contribution in [0.15, 0.2) is 5.16 Å². The highest BCUT2D eigenvalue weighted by atomic mass is 16.6. The van der Waals surface area contributed by atoms with Crippen molar-refractivity contribution in [3.63, 3.8) is 0 Å². The molecule has 0 aromatic rings. The molecule has 2 saturated carbocycles. The van der Waals surface area contributed by atoms with Gasteiger partial charge in [0.15, 0.2) is 0 Å². The summed E-state index contributed by atoms with van der Waals surface area (Å²) in [5.74, 6) is -1.73. The lowest BCUT2D eigenvalue weighted by molar-refractivity contribution is -0.146. The van der Waals surface area contributed by atoms with Crippen LogP contribution in [-0.2, 0) is 14.4 Å². The highest BCUT2D eigenvalue weighted by Crippen LogP contribution is 2.50. The molecule has 2 amide bonds. The number of amides is 2. The molecule has 3 fully saturated rings. The molecule has 7 nitrogen and oxygen atoms in total. The van der Waals surface area contributed by atoms with Crippen LogP contribution in [0.1, 0.15) is 53.9 Å². The molecule has 0 radical (unpaired) electrons. The van der Waals surface area contributed by atoms with Gasteiger partial charge >= 0.3 is 0 Å². The van der Waals surface area contributed by atoms with E-state index in [1.165, 1.54) is 4.90 Å². The molecule has 1 heterocycles. The molecule has 152 valence electrons. The van der Waals surface area contributed by atoms with Crippen LogP contribution >= 0.6 is 0 Å². The molecule has 2 aliphatic carbocycles. The van der Waals surface area contributed by atoms with Gasteiger partial charge in [-0.25, -0.2) is 0 Å². The Morgan fingerprint density at radius 3 is 2.37 bits per heavy atom. The number of carbonyl (C=O) groups is 2. The van der Waals surface area contributed by atoms with E-state index in [9.17, 15) is 19.8 Å². The summed E-state index contributed by atoms with van der Waals surface area (Å²) < 4.78 is 0. The van der Waals surface area contributed by atoms with Crippen LogP contribution in [0.3, 0.4) is 0 Å². The SMILES string of the molecule is CC(C)CO/N=C1\C[C@@H](O)[C@@H](O)[C@@H]2[C@@H]3C(=O)N(C(C)(C)C)C(=O)[C@@H]3CC[C@H]12. The lowest BCUT2D eigenvalue weighted by Gasteiger charge is -2.45. The van der Waals surface area contributed by atoms with Crippen molar-refractivity contribution in [2.45, 2.75) is 71.6 Å². The van der Waals surface area contributed by atoms with Gasteiger partial charge in [0.1, 0.15) is 6.61 Å². The molecule has 2 N–H and O–H groups in total. The van der Waals surface area contributed by atoms with Gasteiger partial charge in [0.25, 0.3) is 0 Å². The number of oxime groups is 1. The topological polar surface area (TPSA) is 99.4 Å². The molecule has 6 atom stereocenters. The quantitative estimate of drug-likeness (QED) is 0.572. The molecule has 3 aliphatic rings. The minimum atomic E-state index is -1.04. The summed E-state index contributed by atoms with van der Waals surface area (Å²) in [6.45, 7) is 10.1. The zero-order valence-corrected chi connectivity index (χ0v) is 16.9. The Bertz CT molecular complexity index is 639. The van der Waals surface area contributed by atoms with Crippen molar-refractivity contribution < 1.29 is 24.6 Å². The number of aliphatic hydroxyl groups is 2. The zero-order chi connectivity index (χ0) is 20.1. The fourth-order valence-corrected chi connectivity index (χ4v) is 4.90. The number of carbonyl (C=O) groups excluding carboxylic acids is 2. The third kappa shape index (κ3) is 3.51. The summed E-state index contributed by atoms with van der Waals surface area (Å²) in [6, 6.07) is 0. The summed E-state index contributed by atoms with van der Waals surface area (Å²) in [5, 5.41) is 25.4. The Labute approximate surface area is 160 Å². The third-order valence-electron chi connectivity index (χ3n) is 6.04. The van der Waals surface area contributed by atoms with Crippen LogP contribution in [0.2, 0.25) is 0 Å². The van der Waals surface area contributed by atoms with E-state index in [1.807, 2.05) is 34.6 Å². The molecule has 1 saturated heterocycles. The maximum atomic E-state index is 13.2. The van der Waals surface area contributed by atoms with Gasteiger partial charge < -0.3 is 15.1 Å². The second-order valence-electron chi connectivity index (χ2n) is 9.61. The van der Waals surface area contributed by atoms with Gasteiger partial charge in [-0.2, -0.15) is 0 Å². The van der Waals surface area contributed by atoms with E-state index in [0.717, 1.165) is 0 Å². The van der Waals surface area contributed by atoms with Gasteiger partial charge in [0, 0.05) is 23.8 Å². The number of rotatable bonds is 3. The molecule has 0 spiro atoms. The van der Waals surface area contributed by atoms with E-state index >= 15 is 0 Å². The van der Waals surface area contributed by atoms with Crippen molar-refractivity contribution >= 4 is 17.5 Å². The minimum absolute atomic E-state index is 0.145. The fraction of sp³-hybridized carbons (Fsp3) is 0.850. The number of likely N-dealkylation sites (tertiary alicyclic amines) is 1. The van der Waals surface area contributed by atoms with Crippen molar-refractivity contribution in [3.05, 3.63) is 0 Å². The first kappa shape index (κ1) is 20.3. The first-order valence-corrected chi connectivity index (χ1v) is 9.96. The van der Waals surface area contributed by atoms with Crippen LogP contribution in [0.4, 0.5) is 0 Å². The Morgan fingerprint density at radius 2 is 1.78 bits per heavy atom. The summed E-state index contributed by atoms with van der Waals surface area (Å²) in [6.07, 6.45) is -0.546. The molecular weight excluding hydrogens is 348 g/mol. The standard InChI is InChI=1S/C20H32N2O5/c1-10(2)9-27-21-13-8-14(23)17(24)15-11(13)6-7-12-16(15)19(26)22(18(12)25)20(3,4)5/h10-12,14-17,23-24H,6-9H2,1-5H3/b21-13+/t11-,12-,14-,15+,16-,17-/m1/s1. The van der Waals surface area contributed by atoms with E-state index in [2.05, 4.69) is 5.16 Å². The molecule has 0 aromatic carbocycles. The van der Waals surface area contributed by atoms with Crippen molar-refractivity contribution in [2.75, 3.05) is 6.61 Å². The molecule has 0 unspecified atom stereocenters. The van der Waals surface area contributed by atoms with Crippen molar-refractivity contribution in [1.82, 2.24) is 4.90 Å². The van der Waals surface area contributed by atoms with Crippen molar-refractivity contribution in [1.29, 1.82) is 0 Å². The second-order valence-corrected chi connectivity index (χ2v) is 9.61. The van der Waals surface area contributed by atoms with E-state index in [1.54, 1.807) is 0 Å². The normalized spacial score (nSPS) is 38.4. The van der Waals surface area contributed by atoms with Crippen molar-refractivity contribution in [2.24, 2.45) is 34.7 Å². The van der Waals surface area contributed by atoms with Crippen LogP contribution < -0.4 is 0 Å². The smallest absolute Gasteiger partial charge is 0.233 e. The number of imide groups is 1. The summed E-state index contributed by atoms with van der Waals surface area (Å²) in [7, 11) is 0. The maximum Gasteiger partial charge on any atom is 0.233 e. The molecule has 0 bridgehead atoms. The lowest BCUT2D eigenvalue weighted by atomic mass is 9.60. The third-order valence-corrected chi connectivity index (χ3v) is 6.04. The molecule has 1 aliphatic heterocycles. The highest BCUT2D eigenvalue weighted by molar-refractivity contribution is 6.06. The zero-order valence-electron chi connectivity index (χ0n) is 16.9. The number of aliphatic hydroxyl groups excluding tert-OH is 2. The number of nitrogens with zero attached hydrogens (tertiary/aromatic N) is 2. The molecule has 7 heteroatoms. The van der Waals surface area contributed by atoms with Crippen LogP contribution in [0.5, 0.6) is 0 Å². The van der Waals surface area contributed by atoms with Gasteiger partial charge in [-0.3, -0.25) is 14.5 Å². The largest absolute Gasteiger partial charge is 0.396 e. The number of hydrogen-bond acceptors (Lipinski definition) is 6. The van der Waals surface area contributed by atoms with Gasteiger partial charge in [-0.15, -0.1) is 0 Å². The fourth-order valence-electron chi connectivity index (χ4n) is 4.90. The Morgan fingerprint density at radius 1 is 1.15 bits per heavy atom. The first-order valence-electron chi connectivity index (χ1n) is 9.96. The molecule has 0 aromatic heterocycles. The van der Waals surface area contributed by atoms with Gasteiger partial charge in [-0.05, 0) is 39.5 Å². The summed E-state index contributed by atoms with van der Waals surface area (Å²) in [4.78, 5) is 32.8. The lowest BCUT2D eigenvalue weighted by Crippen LogP contribution is -2.55. The Hall–Kier alpha value is -1.47. The van der Waals surface area contributed by atoms with E-state index in [0.29, 0.717) is 31.1 Å². The number of hydrogen-bond donors (Lipinski definition) is 2. The van der Waals surface area contributed by atoms with Gasteiger partial charge in [0.2, 0.25) is 11.8 Å². The average Bonchev–Trinajstić information content (AvgIpc) is 2.82. The van der Waals surface area contributed by atoms with Crippen LogP contribution in [0, 0.1) is 29.6 Å². The van der Waals surface area contributed by atoms with Gasteiger partial charge in [-0.1, -0.05) is 19.0 Å². The van der Waals surface area contributed by atoms with E-state index in [4.69, 9.17) is 4.84 Å². The van der Waals surface area contributed by atoms with Crippen molar-refractivity contribution in [3.8, 4) is 0 Å². The van der Waals surface area contributed by atoms with Crippen LogP contribution in [0.25, 0.3) is 0 Å². The maximum absolute atomic E-state index is 13.2. The summed E-state index contributed by atoms with van der Waals surface area (Å²) in [5.41, 5.74) is 0.0997. The predicted molar refractivity (Wildman–Crippen MR) is 99.7 cm³/mol. The second kappa shape index (κ2) is 7.17. The monoisotopic (exact) mass is 380 g/mol. The predicted octanol–water partition coefficient (Wildman–Crippen LogP) is 1.57. The molecule has 27 heavy (non-hydrogen) atoms. The van der Waals surface area contributed by atoms with Crippen LogP contribution in [-0.4, -0.2) is 57.0 Å².